The van der Waals surface area contributed by atoms with Crippen LogP contribution in [0.3, 0.4) is 0 Å². The number of benzene rings is 2. The molecule has 0 aromatic heterocycles. The van der Waals surface area contributed by atoms with Crippen molar-refractivity contribution >= 4 is 23.4 Å². The van der Waals surface area contributed by atoms with Gasteiger partial charge in [0.15, 0.2) is 0 Å². The molecule has 2 rings (SSSR count). The summed E-state index contributed by atoms with van der Waals surface area (Å²) in [5, 5.41) is 3.28. The summed E-state index contributed by atoms with van der Waals surface area (Å²) in [5.74, 6) is -0.958. The highest BCUT2D eigenvalue weighted by atomic mass is 35.5. The molecule has 0 saturated heterocycles. The van der Waals surface area contributed by atoms with Crippen molar-refractivity contribution in [3.05, 3.63) is 70.5 Å². The van der Waals surface area contributed by atoms with E-state index in [1.54, 1.807) is 49.4 Å². The van der Waals surface area contributed by atoms with Crippen molar-refractivity contribution in [2.75, 3.05) is 6.54 Å². The van der Waals surface area contributed by atoms with E-state index in [2.05, 4.69) is 5.32 Å². The Hall–Kier alpha value is -2.40. The molecule has 2 aromatic rings. The molecule has 0 bridgehead atoms. The van der Waals surface area contributed by atoms with Crippen LogP contribution in [0.2, 0.25) is 5.02 Å². The fourth-order valence-corrected chi connectivity index (χ4v) is 2.90. The summed E-state index contributed by atoms with van der Waals surface area (Å²) in [7, 11) is 0. The lowest BCUT2D eigenvalue weighted by Crippen LogP contribution is -2.48. The maximum absolute atomic E-state index is 14.1. The van der Waals surface area contributed by atoms with Crippen molar-refractivity contribution in [1.29, 1.82) is 0 Å². The Morgan fingerprint density at radius 2 is 1.74 bits per heavy atom. The summed E-state index contributed by atoms with van der Waals surface area (Å²) < 4.78 is 14.1. The number of rotatable bonds is 8. The van der Waals surface area contributed by atoms with E-state index in [1.165, 1.54) is 11.0 Å². The zero-order valence-corrected chi connectivity index (χ0v) is 16.3. The first-order valence-corrected chi connectivity index (χ1v) is 9.35. The molecule has 2 amide bonds. The Balaban J connectivity index is 2.25. The molecular weight excluding hydrogens is 367 g/mol. The predicted molar refractivity (Wildman–Crippen MR) is 105 cm³/mol. The first-order valence-electron chi connectivity index (χ1n) is 8.98. The van der Waals surface area contributed by atoms with Crippen LogP contribution in [-0.2, 0) is 22.6 Å². The summed E-state index contributed by atoms with van der Waals surface area (Å²) in [6.45, 7) is 4.13. The molecule has 27 heavy (non-hydrogen) atoms. The van der Waals surface area contributed by atoms with E-state index in [-0.39, 0.29) is 24.8 Å². The van der Waals surface area contributed by atoms with Crippen LogP contribution in [0, 0.1) is 5.82 Å². The summed E-state index contributed by atoms with van der Waals surface area (Å²) in [6, 6.07) is 12.6. The second kappa shape index (κ2) is 10.1. The van der Waals surface area contributed by atoms with E-state index in [1.807, 2.05) is 6.92 Å². The molecule has 0 aliphatic heterocycles. The average molecular weight is 391 g/mol. The quantitative estimate of drug-likeness (QED) is 0.741. The summed E-state index contributed by atoms with van der Waals surface area (Å²) in [6.07, 6.45) is 0.832. The summed E-state index contributed by atoms with van der Waals surface area (Å²) in [5.41, 5.74) is 1.03. The predicted octanol–water partition coefficient (Wildman–Crippen LogP) is 3.97. The van der Waals surface area contributed by atoms with Gasteiger partial charge in [0.25, 0.3) is 0 Å². The van der Waals surface area contributed by atoms with Gasteiger partial charge in [-0.3, -0.25) is 9.59 Å². The summed E-state index contributed by atoms with van der Waals surface area (Å²) >= 11 is 6.16. The molecule has 0 aliphatic rings. The molecule has 0 spiro atoms. The van der Waals surface area contributed by atoms with E-state index in [9.17, 15) is 14.0 Å². The molecule has 6 heteroatoms. The fraction of sp³-hybridized carbons (Fsp3) is 0.333. The number of halogens is 2. The Morgan fingerprint density at radius 1 is 1.11 bits per heavy atom. The number of hydrogen-bond donors (Lipinski definition) is 1. The van der Waals surface area contributed by atoms with Crippen LogP contribution in [0.15, 0.2) is 48.5 Å². The van der Waals surface area contributed by atoms with Crippen molar-refractivity contribution in [3.63, 3.8) is 0 Å². The molecule has 144 valence electrons. The van der Waals surface area contributed by atoms with Crippen molar-refractivity contribution in [2.24, 2.45) is 0 Å². The normalized spacial score (nSPS) is 11.7. The van der Waals surface area contributed by atoms with Crippen LogP contribution in [0.4, 0.5) is 4.39 Å². The smallest absolute Gasteiger partial charge is 0.242 e. The van der Waals surface area contributed by atoms with Crippen molar-refractivity contribution in [2.45, 2.75) is 39.3 Å². The minimum atomic E-state index is -0.730. The van der Waals surface area contributed by atoms with Gasteiger partial charge in [0.05, 0.1) is 6.42 Å². The van der Waals surface area contributed by atoms with Gasteiger partial charge in [0.2, 0.25) is 11.8 Å². The van der Waals surface area contributed by atoms with Crippen LogP contribution >= 0.6 is 11.6 Å². The molecule has 0 heterocycles. The largest absolute Gasteiger partial charge is 0.354 e. The van der Waals surface area contributed by atoms with Gasteiger partial charge in [0.1, 0.15) is 11.9 Å². The molecule has 1 atom stereocenters. The number of carbonyl (C=O) groups is 2. The van der Waals surface area contributed by atoms with E-state index in [0.717, 1.165) is 6.42 Å². The first kappa shape index (κ1) is 20.9. The van der Waals surface area contributed by atoms with Crippen LogP contribution in [0.1, 0.15) is 31.4 Å². The van der Waals surface area contributed by atoms with Crippen LogP contribution < -0.4 is 5.32 Å². The van der Waals surface area contributed by atoms with Crippen molar-refractivity contribution < 1.29 is 14.0 Å². The average Bonchev–Trinajstić information content (AvgIpc) is 2.66. The molecule has 1 N–H and O–H groups in total. The SMILES string of the molecule is CCCNC(=O)C(C)N(Cc1ccccc1F)C(=O)Cc1ccccc1Cl. The summed E-state index contributed by atoms with van der Waals surface area (Å²) in [4.78, 5) is 26.8. The Labute approximate surface area is 164 Å². The monoisotopic (exact) mass is 390 g/mol. The van der Waals surface area contributed by atoms with Gasteiger partial charge in [0, 0.05) is 23.7 Å². The zero-order chi connectivity index (χ0) is 19.8. The van der Waals surface area contributed by atoms with E-state index >= 15 is 0 Å². The van der Waals surface area contributed by atoms with Crippen LogP contribution in [0.25, 0.3) is 0 Å². The minimum absolute atomic E-state index is 0.0106. The van der Waals surface area contributed by atoms with Crippen molar-refractivity contribution in [1.82, 2.24) is 10.2 Å². The van der Waals surface area contributed by atoms with E-state index in [4.69, 9.17) is 11.6 Å². The Morgan fingerprint density at radius 3 is 2.37 bits per heavy atom. The van der Waals surface area contributed by atoms with E-state index < -0.39 is 11.9 Å². The van der Waals surface area contributed by atoms with Gasteiger partial charge in [-0.25, -0.2) is 4.39 Å². The number of nitrogens with one attached hydrogen (secondary N) is 1. The third-order valence-corrected chi connectivity index (χ3v) is 4.68. The third-order valence-electron chi connectivity index (χ3n) is 4.31. The maximum atomic E-state index is 14.1. The number of hydrogen-bond acceptors (Lipinski definition) is 2. The second-order valence-corrected chi connectivity index (χ2v) is 6.76. The highest BCUT2D eigenvalue weighted by Gasteiger charge is 2.27. The lowest BCUT2D eigenvalue weighted by molar-refractivity contribution is -0.140. The standard InChI is InChI=1S/C21H24ClFN2O2/c1-3-12-24-21(27)15(2)25(14-17-9-5-7-11-19(17)23)20(26)13-16-8-4-6-10-18(16)22/h4-11,15H,3,12-14H2,1-2H3,(H,24,27). The molecular formula is C21H24ClFN2O2. The Bertz CT molecular complexity index is 797. The number of carbonyl (C=O) groups excluding carboxylic acids is 2. The van der Waals surface area contributed by atoms with Crippen LogP contribution in [0.5, 0.6) is 0 Å². The maximum Gasteiger partial charge on any atom is 0.242 e. The van der Waals surface area contributed by atoms with Gasteiger partial charge in [-0.2, -0.15) is 0 Å². The van der Waals surface area contributed by atoms with Gasteiger partial charge in [-0.15, -0.1) is 0 Å². The molecule has 4 nitrogen and oxygen atoms in total. The van der Waals surface area contributed by atoms with Gasteiger partial charge in [-0.05, 0) is 31.0 Å². The van der Waals surface area contributed by atoms with Crippen LogP contribution in [-0.4, -0.2) is 29.3 Å². The highest BCUT2D eigenvalue weighted by molar-refractivity contribution is 6.31. The Kier molecular flexibility index (Phi) is 7.80. The minimum Gasteiger partial charge on any atom is -0.354 e. The van der Waals surface area contributed by atoms with Crippen molar-refractivity contribution in [3.8, 4) is 0 Å². The third kappa shape index (κ3) is 5.79. The lowest BCUT2D eigenvalue weighted by atomic mass is 10.1. The zero-order valence-electron chi connectivity index (χ0n) is 15.5. The fourth-order valence-electron chi connectivity index (χ4n) is 2.69. The van der Waals surface area contributed by atoms with Gasteiger partial charge < -0.3 is 10.2 Å². The first-order chi connectivity index (χ1) is 12.9. The topological polar surface area (TPSA) is 49.4 Å². The molecule has 0 radical (unpaired) electrons. The number of amides is 2. The second-order valence-electron chi connectivity index (χ2n) is 6.35. The van der Waals surface area contributed by atoms with Gasteiger partial charge in [-0.1, -0.05) is 54.9 Å². The van der Waals surface area contributed by atoms with E-state index in [0.29, 0.717) is 22.7 Å². The lowest BCUT2D eigenvalue weighted by Gasteiger charge is -2.29. The highest BCUT2D eigenvalue weighted by Crippen LogP contribution is 2.19. The van der Waals surface area contributed by atoms with Gasteiger partial charge >= 0.3 is 0 Å². The molecule has 0 saturated carbocycles. The molecule has 1 unspecified atom stereocenters. The number of nitrogens with zero attached hydrogens (tertiary/aromatic N) is 1. The molecule has 0 fully saturated rings. The molecule has 0 aliphatic carbocycles. The molecule has 2 aromatic carbocycles.